The van der Waals surface area contributed by atoms with E-state index in [-0.39, 0.29) is 17.7 Å². The number of hydrogen-bond acceptors (Lipinski definition) is 3. The molecular formula is C19H28N4O3. The van der Waals surface area contributed by atoms with Crippen LogP contribution in [-0.4, -0.2) is 64.3 Å². The number of nitrogens with one attached hydrogen (secondary N) is 1. The Morgan fingerprint density at radius 3 is 2.23 bits per heavy atom. The molecule has 2 aliphatic heterocycles. The number of nitrogens with zero attached hydrogens (tertiary/aromatic N) is 3. The van der Waals surface area contributed by atoms with Gasteiger partial charge in [0, 0.05) is 50.0 Å². The molecule has 0 saturated carbocycles. The third-order valence-electron chi connectivity index (χ3n) is 5.40. The number of hydrogen-bond donors (Lipinski definition) is 1. The van der Waals surface area contributed by atoms with Gasteiger partial charge in [-0.3, -0.25) is 14.4 Å². The summed E-state index contributed by atoms with van der Waals surface area (Å²) in [6.07, 6.45) is 0.984. The molecule has 142 valence electrons. The number of amides is 3. The Balaban J connectivity index is 1.63. The molecule has 1 unspecified atom stereocenters. The zero-order valence-corrected chi connectivity index (χ0v) is 16.0. The van der Waals surface area contributed by atoms with Gasteiger partial charge in [0.25, 0.3) is 5.91 Å². The molecule has 1 atom stereocenters. The summed E-state index contributed by atoms with van der Waals surface area (Å²) in [5, 5.41) is 2.72. The molecule has 0 aliphatic carbocycles. The first kappa shape index (κ1) is 18.5. The van der Waals surface area contributed by atoms with Crippen LogP contribution >= 0.6 is 0 Å². The van der Waals surface area contributed by atoms with E-state index in [0.29, 0.717) is 45.1 Å². The zero-order chi connectivity index (χ0) is 19.0. The fourth-order valence-electron chi connectivity index (χ4n) is 4.11. The Hall–Kier alpha value is -2.31. The van der Waals surface area contributed by atoms with E-state index in [1.807, 2.05) is 24.8 Å². The largest absolute Gasteiger partial charge is 0.346 e. The van der Waals surface area contributed by atoms with Gasteiger partial charge in [-0.05, 0) is 40.2 Å². The lowest BCUT2D eigenvalue weighted by atomic mass is 10.1. The van der Waals surface area contributed by atoms with Crippen LogP contribution in [0.1, 0.15) is 54.5 Å². The highest BCUT2D eigenvalue weighted by Crippen LogP contribution is 2.22. The van der Waals surface area contributed by atoms with Crippen molar-refractivity contribution in [1.82, 2.24) is 19.7 Å². The van der Waals surface area contributed by atoms with Crippen LogP contribution in [-0.2, 0) is 9.59 Å². The number of carbonyl (C=O) groups is 3. The number of aromatic nitrogens is 1. The van der Waals surface area contributed by atoms with Crippen molar-refractivity contribution in [1.29, 1.82) is 0 Å². The Labute approximate surface area is 154 Å². The van der Waals surface area contributed by atoms with E-state index in [4.69, 9.17) is 0 Å². The maximum Gasteiger partial charge on any atom is 0.255 e. The molecular weight excluding hydrogens is 332 g/mol. The Bertz CT molecular complexity index is 729. The highest BCUT2D eigenvalue weighted by molar-refractivity contribution is 5.96. The minimum atomic E-state index is -0.394. The molecule has 3 heterocycles. The van der Waals surface area contributed by atoms with Crippen molar-refractivity contribution < 1.29 is 14.4 Å². The summed E-state index contributed by atoms with van der Waals surface area (Å²) in [7, 11) is 0. The van der Waals surface area contributed by atoms with Crippen molar-refractivity contribution in [2.45, 2.75) is 52.6 Å². The lowest BCUT2D eigenvalue weighted by Crippen LogP contribution is -2.54. The van der Waals surface area contributed by atoms with Crippen molar-refractivity contribution in [3.8, 4) is 0 Å². The molecule has 3 amide bonds. The van der Waals surface area contributed by atoms with Gasteiger partial charge in [-0.1, -0.05) is 0 Å². The molecule has 3 rings (SSSR count). The van der Waals surface area contributed by atoms with Gasteiger partial charge < -0.3 is 19.7 Å². The molecule has 0 bridgehead atoms. The molecule has 1 N–H and O–H groups in total. The van der Waals surface area contributed by atoms with Crippen molar-refractivity contribution in [3.05, 3.63) is 23.0 Å². The second kappa shape index (κ2) is 7.13. The molecule has 2 fully saturated rings. The molecule has 7 nitrogen and oxygen atoms in total. The van der Waals surface area contributed by atoms with Crippen LogP contribution in [0.3, 0.4) is 0 Å². The van der Waals surface area contributed by atoms with Gasteiger partial charge in [0.1, 0.15) is 6.04 Å². The average molecular weight is 360 g/mol. The van der Waals surface area contributed by atoms with E-state index < -0.39 is 6.04 Å². The Morgan fingerprint density at radius 2 is 1.73 bits per heavy atom. The van der Waals surface area contributed by atoms with Crippen LogP contribution in [0.4, 0.5) is 0 Å². The maximum atomic E-state index is 12.9. The summed E-state index contributed by atoms with van der Waals surface area (Å²) in [6, 6.07) is 1.88. The smallest absolute Gasteiger partial charge is 0.255 e. The standard InChI is InChI=1S/C19H28N4O3/c1-12(2)23-13(3)11-15(14(23)4)18(25)21-7-9-22(10-8-21)19(26)16-5-6-17(24)20-16/h11-12,16H,5-10H2,1-4H3,(H,20,24). The number of aryl methyl sites for hydroxylation is 1. The van der Waals surface area contributed by atoms with Crippen LogP contribution < -0.4 is 5.32 Å². The van der Waals surface area contributed by atoms with Crippen molar-refractivity contribution in [3.63, 3.8) is 0 Å². The van der Waals surface area contributed by atoms with E-state index in [1.165, 1.54) is 0 Å². The highest BCUT2D eigenvalue weighted by atomic mass is 16.2. The van der Waals surface area contributed by atoms with Gasteiger partial charge in [0.05, 0.1) is 5.56 Å². The molecule has 0 spiro atoms. The first-order valence-electron chi connectivity index (χ1n) is 9.35. The van der Waals surface area contributed by atoms with Gasteiger partial charge in [0.2, 0.25) is 11.8 Å². The average Bonchev–Trinajstić information content (AvgIpc) is 3.16. The van der Waals surface area contributed by atoms with Crippen molar-refractivity contribution >= 4 is 17.7 Å². The number of piperazine rings is 1. The molecule has 7 heteroatoms. The summed E-state index contributed by atoms with van der Waals surface area (Å²) in [6.45, 7) is 10.3. The first-order chi connectivity index (χ1) is 12.3. The predicted octanol–water partition coefficient (Wildman–Crippen LogP) is 1.25. The van der Waals surface area contributed by atoms with Crippen molar-refractivity contribution in [2.24, 2.45) is 0 Å². The third kappa shape index (κ3) is 3.34. The topological polar surface area (TPSA) is 74.7 Å². The van der Waals surface area contributed by atoms with Gasteiger partial charge in [-0.15, -0.1) is 0 Å². The van der Waals surface area contributed by atoms with Gasteiger partial charge in [0.15, 0.2) is 0 Å². The minimum Gasteiger partial charge on any atom is -0.346 e. The van der Waals surface area contributed by atoms with Crippen LogP contribution in [0, 0.1) is 13.8 Å². The number of rotatable bonds is 3. The first-order valence-corrected chi connectivity index (χ1v) is 9.35. The summed E-state index contributed by atoms with van der Waals surface area (Å²) < 4.78 is 2.18. The second-order valence-corrected chi connectivity index (χ2v) is 7.52. The monoisotopic (exact) mass is 360 g/mol. The number of carbonyl (C=O) groups excluding carboxylic acids is 3. The normalized spacial score (nSPS) is 20.7. The fraction of sp³-hybridized carbons (Fsp3) is 0.632. The van der Waals surface area contributed by atoms with Gasteiger partial charge >= 0.3 is 0 Å². The van der Waals surface area contributed by atoms with E-state index >= 15 is 0 Å². The van der Waals surface area contributed by atoms with Crippen LogP contribution in [0.15, 0.2) is 6.07 Å². The summed E-state index contributed by atoms with van der Waals surface area (Å²) in [5.74, 6) is -0.0510. The molecule has 0 radical (unpaired) electrons. The van der Waals surface area contributed by atoms with E-state index in [0.717, 1.165) is 17.0 Å². The van der Waals surface area contributed by atoms with Gasteiger partial charge in [-0.2, -0.15) is 0 Å². The Kier molecular flexibility index (Phi) is 5.07. The summed E-state index contributed by atoms with van der Waals surface area (Å²) >= 11 is 0. The van der Waals surface area contributed by atoms with Crippen molar-refractivity contribution in [2.75, 3.05) is 26.2 Å². The molecule has 1 aromatic heterocycles. The van der Waals surface area contributed by atoms with E-state index in [2.05, 4.69) is 23.7 Å². The lowest BCUT2D eigenvalue weighted by molar-refractivity contribution is -0.135. The highest BCUT2D eigenvalue weighted by Gasteiger charge is 2.33. The second-order valence-electron chi connectivity index (χ2n) is 7.52. The molecule has 0 aromatic carbocycles. The van der Waals surface area contributed by atoms with E-state index in [1.54, 1.807) is 4.90 Å². The van der Waals surface area contributed by atoms with Crippen LogP contribution in [0.5, 0.6) is 0 Å². The van der Waals surface area contributed by atoms with E-state index in [9.17, 15) is 14.4 Å². The summed E-state index contributed by atoms with van der Waals surface area (Å²) in [5.41, 5.74) is 2.83. The third-order valence-corrected chi connectivity index (χ3v) is 5.40. The minimum absolute atomic E-state index is 0.0269. The Morgan fingerprint density at radius 1 is 1.12 bits per heavy atom. The molecule has 2 aliphatic rings. The lowest BCUT2D eigenvalue weighted by Gasteiger charge is -2.36. The van der Waals surface area contributed by atoms with Gasteiger partial charge in [-0.25, -0.2) is 0 Å². The SMILES string of the molecule is Cc1cc(C(=O)N2CCN(C(=O)C3CCC(=O)N3)CC2)c(C)n1C(C)C. The van der Waals surface area contributed by atoms with Crippen LogP contribution in [0.25, 0.3) is 0 Å². The molecule has 26 heavy (non-hydrogen) atoms. The fourth-order valence-corrected chi connectivity index (χ4v) is 4.11. The predicted molar refractivity (Wildman–Crippen MR) is 97.9 cm³/mol. The maximum absolute atomic E-state index is 12.9. The molecule has 1 aromatic rings. The zero-order valence-electron chi connectivity index (χ0n) is 16.0. The quantitative estimate of drug-likeness (QED) is 0.881. The molecule has 2 saturated heterocycles. The summed E-state index contributed by atoms with van der Waals surface area (Å²) in [4.78, 5) is 40.3. The van der Waals surface area contributed by atoms with Crippen LogP contribution in [0.2, 0.25) is 0 Å².